The fourth-order valence-corrected chi connectivity index (χ4v) is 2.37. The number of hydrogen-bond acceptors (Lipinski definition) is 3. The second-order valence-corrected chi connectivity index (χ2v) is 5.52. The summed E-state index contributed by atoms with van der Waals surface area (Å²) in [5.74, 6) is -0.0700. The number of likely N-dealkylation sites (N-methyl/N-ethyl adjacent to an activating group) is 1. The van der Waals surface area contributed by atoms with E-state index < -0.39 is 0 Å². The second kappa shape index (κ2) is 7.71. The van der Waals surface area contributed by atoms with Gasteiger partial charge in [-0.1, -0.05) is 31.2 Å². The Labute approximate surface area is 132 Å². The molecule has 0 saturated carbocycles. The number of aryl methyl sites for hydroxylation is 1. The maximum atomic E-state index is 12.1. The van der Waals surface area contributed by atoms with E-state index in [9.17, 15) is 4.79 Å². The van der Waals surface area contributed by atoms with Crippen molar-refractivity contribution in [2.24, 2.45) is 0 Å². The molecule has 22 heavy (non-hydrogen) atoms. The highest BCUT2D eigenvalue weighted by atomic mass is 16.1. The van der Waals surface area contributed by atoms with Crippen molar-refractivity contribution in [3.05, 3.63) is 65.5 Å². The zero-order valence-electron chi connectivity index (χ0n) is 13.4. The normalized spacial score (nSPS) is 12.2. The molecule has 0 aliphatic rings. The molecule has 0 aliphatic carbocycles. The van der Waals surface area contributed by atoms with E-state index in [0.29, 0.717) is 12.1 Å². The van der Waals surface area contributed by atoms with Gasteiger partial charge in [-0.25, -0.2) is 0 Å². The Bertz CT molecular complexity index is 593. The van der Waals surface area contributed by atoms with Crippen molar-refractivity contribution in [3.8, 4) is 0 Å². The van der Waals surface area contributed by atoms with Crippen LogP contribution >= 0.6 is 0 Å². The van der Waals surface area contributed by atoms with Crippen LogP contribution in [0, 0.1) is 0 Å². The highest BCUT2D eigenvalue weighted by molar-refractivity contribution is 5.93. The van der Waals surface area contributed by atoms with Crippen LogP contribution in [0.25, 0.3) is 0 Å². The van der Waals surface area contributed by atoms with Crippen molar-refractivity contribution >= 4 is 5.91 Å². The van der Waals surface area contributed by atoms with Crippen molar-refractivity contribution in [1.82, 2.24) is 15.2 Å². The molecule has 2 aromatic rings. The lowest BCUT2D eigenvalue weighted by molar-refractivity contribution is 0.0942. The van der Waals surface area contributed by atoms with E-state index >= 15 is 0 Å². The monoisotopic (exact) mass is 297 g/mol. The first kappa shape index (κ1) is 16.2. The van der Waals surface area contributed by atoms with E-state index in [0.717, 1.165) is 6.42 Å². The standard InChI is InChI=1S/C18H23N3O/c1-4-14-5-7-15(8-6-14)17(21(2)3)13-20-18(22)16-9-11-19-12-10-16/h5-12,17H,4,13H2,1-3H3,(H,20,22)/t17-/m0/s1. The fraction of sp³-hybridized carbons (Fsp3) is 0.333. The third-order valence-electron chi connectivity index (χ3n) is 3.79. The zero-order chi connectivity index (χ0) is 15.9. The van der Waals surface area contributed by atoms with E-state index in [1.54, 1.807) is 24.5 Å². The van der Waals surface area contributed by atoms with Gasteiger partial charge >= 0.3 is 0 Å². The Morgan fingerprint density at radius 2 is 1.77 bits per heavy atom. The Morgan fingerprint density at radius 1 is 1.14 bits per heavy atom. The van der Waals surface area contributed by atoms with Crippen LogP contribution in [0.3, 0.4) is 0 Å². The Balaban J connectivity index is 2.04. The van der Waals surface area contributed by atoms with Gasteiger partial charge in [0.05, 0.1) is 6.04 Å². The minimum atomic E-state index is -0.0700. The molecule has 1 aromatic carbocycles. The minimum Gasteiger partial charge on any atom is -0.350 e. The lowest BCUT2D eigenvalue weighted by Gasteiger charge is -2.25. The predicted molar refractivity (Wildman–Crippen MR) is 88.8 cm³/mol. The highest BCUT2D eigenvalue weighted by Crippen LogP contribution is 2.18. The van der Waals surface area contributed by atoms with E-state index in [1.165, 1.54) is 11.1 Å². The number of nitrogens with zero attached hydrogens (tertiary/aromatic N) is 2. The van der Waals surface area contributed by atoms with Gasteiger partial charge in [0.1, 0.15) is 0 Å². The summed E-state index contributed by atoms with van der Waals surface area (Å²) in [6.45, 7) is 2.72. The lowest BCUT2D eigenvalue weighted by Crippen LogP contribution is -2.34. The summed E-state index contributed by atoms with van der Waals surface area (Å²) in [6.07, 6.45) is 4.29. The van der Waals surface area contributed by atoms with Gasteiger partial charge in [0.15, 0.2) is 0 Å². The van der Waals surface area contributed by atoms with Gasteiger partial charge in [-0.15, -0.1) is 0 Å². The maximum Gasteiger partial charge on any atom is 0.251 e. The first-order chi connectivity index (χ1) is 10.6. The predicted octanol–water partition coefficient (Wildman–Crippen LogP) is 2.68. The molecule has 4 nitrogen and oxygen atoms in total. The number of hydrogen-bond donors (Lipinski definition) is 1. The molecule has 0 radical (unpaired) electrons. The van der Waals surface area contributed by atoms with Gasteiger partial charge in [0.2, 0.25) is 0 Å². The van der Waals surface area contributed by atoms with Crippen molar-refractivity contribution in [2.75, 3.05) is 20.6 Å². The molecule has 0 unspecified atom stereocenters. The number of amides is 1. The van der Waals surface area contributed by atoms with Gasteiger partial charge in [0.25, 0.3) is 5.91 Å². The van der Waals surface area contributed by atoms with Crippen LogP contribution in [-0.2, 0) is 6.42 Å². The summed E-state index contributed by atoms with van der Waals surface area (Å²) in [6, 6.07) is 12.2. The summed E-state index contributed by atoms with van der Waals surface area (Å²) in [7, 11) is 4.05. The molecule has 116 valence electrons. The van der Waals surface area contributed by atoms with Gasteiger partial charge in [-0.3, -0.25) is 9.78 Å². The molecular formula is C18H23N3O. The summed E-state index contributed by atoms with van der Waals surface area (Å²) in [4.78, 5) is 18.2. The number of carbonyl (C=O) groups is 1. The van der Waals surface area contributed by atoms with Gasteiger partial charge in [-0.2, -0.15) is 0 Å². The number of pyridine rings is 1. The van der Waals surface area contributed by atoms with Crippen molar-refractivity contribution < 1.29 is 4.79 Å². The van der Waals surface area contributed by atoms with Gasteiger partial charge in [-0.05, 0) is 43.8 Å². The number of nitrogens with one attached hydrogen (secondary N) is 1. The van der Waals surface area contributed by atoms with Gasteiger partial charge < -0.3 is 10.2 Å². The molecule has 1 atom stereocenters. The van der Waals surface area contributed by atoms with E-state index in [1.807, 2.05) is 14.1 Å². The van der Waals surface area contributed by atoms with Crippen molar-refractivity contribution in [1.29, 1.82) is 0 Å². The molecular weight excluding hydrogens is 274 g/mol. The molecule has 1 aromatic heterocycles. The highest BCUT2D eigenvalue weighted by Gasteiger charge is 2.15. The van der Waals surface area contributed by atoms with Crippen LogP contribution in [0.2, 0.25) is 0 Å². The van der Waals surface area contributed by atoms with Crippen molar-refractivity contribution in [2.45, 2.75) is 19.4 Å². The van der Waals surface area contributed by atoms with Crippen LogP contribution < -0.4 is 5.32 Å². The van der Waals surface area contributed by atoms with Crippen LogP contribution in [-0.4, -0.2) is 36.4 Å². The summed E-state index contributed by atoms with van der Waals surface area (Å²) in [5, 5.41) is 3.00. The van der Waals surface area contributed by atoms with E-state index in [2.05, 4.69) is 46.4 Å². The molecule has 0 saturated heterocycles. The number of benzene rings is 1. The Kier molecular flexibility index (Phi) is 5.67. The van der Waals surface area contributed by atoms with E-state index in [-0.39, 0.29) is 11.9 Å². The van der Waals surface area contributed by atoms with Crippen LogP contribution in [0.1, 0.15) is 34.5 Å². The third kappa shape index (κ3) is 4.15. The quantitative estimate of drug-likeness (QED) is 0.891. The first-order valence-corrected chi connectivity index (χ1v) is 7.55. The third-order valence-corrected chi connectivity index (χ3v) is 3.79. The molecule has 4 heteroatoms. The molecule has 0 bridgehead atoms. The fourth-order valence-electron chi connectivity index (χ4n) is 2.37. The van der Waals surface area contributed by atoms with Crippen LogP contribution in [0.4, 0.5) is 0 Å². The topological polar surface area (TPSA) is 45.2 Å². The smallest absolute Gasteiger partial charge is 0.251 e. The molecule has 1 heterocycles. The second-order valence-electron chi connectivity index (χ2n) is 5.52. The zero-order valence-corrected chi connectivity index (χ0v) is 13.4. The molecule has 0 aliphatic heterocycles. The molecule has 2 rings (SSSR count). The summed E-state index contributed by atoms with van der Waals surface area (Å²) >= 11 is 0. The van der Waals surface area contributed by atoms with Crippen molar-refractivity contribution in [3.63, 3.8) is 0 Å². The minimum absolute atomic E-state index is 0.0700. The number of rotatable bonds is 6. The molecule has 0 spiro atoms. The molecule has 0 fully saturated rings. The summed E-state index contributed by atoms with van der Waals surface area (Å²) in [5.41, 5.74) is 3.16. The SMILES string of the molecule is CCc1ccc([C@H](CNC(=O)c2ccncc2)N(C)C)cc1. The lowest BCUT2D eigenvalue weighted by atomic mass is 10.0. The number of carbonyl (C=O) groups excluding carboxylic acids is 1. The summed E-state index contributed by atoms with van der Waals surface area (Å²) < 4.78 is 0. The molecule has 1 N–H and O–H groups in total. The van der Waals surface area contributed by atoms with Crippen LogP contribution in [0.5, 0.6) is 0 Å². The average molecular weight is 297 g/mol. The Hall–Kier alpha value is -2.20. The van der Waals surface area contributed by atoms with Gasteiger partial charge in [0, 0.05) is 24.5 Å². The largest absolute Gasteiger partial charge is 0.350 e. The van der Waals surface area contributed by atoms with Crippen LogP contribution in [0.15, 0.2) is 48.8 Å². The number of aromatic nitrogens is 1. The maximum absolute atomic E-state index is 12.1. The van der Waals surface area contributed by atoms with E-state index in [4.69, 9.17) is 0 Å². The Morgan fingerprint density at radius 3 is 2.32 bits per heavy atom. The molecule has 1 amide bonds. The average Bonchev–Trinajstić information content (AvgIpc) is 2.56. The first-order valence-electron chi connectivity index (χ1n) is 7.55.